The molecule has 3 heterocycles. The van der Waals surface area contributed by atoms with E-state index in [9.17, 15) is 4.79 Å². The number of benzene rings is 1. The smallest absolute Gasteiger partial charge is 0.291 e. The molecule has 29 heavy (non-hydrogen) atoms. The summed E-state index contributed by atoms with van der Waals surface area (Å²) >= 11 is 1.66. The summed E-state index contributed by atoms with van der Waals surface area (Å²) in [6, 6.07) is 14.4. The number of nitrogens with one attached hydrogen (secondary N) is 3. The summed E-state index contributed by atoms with van der Waals surface area (Å²) in [5, 5.41) is 4.08. The van der Waals surface area contributed by atoms with Crippen molar-refractivity contribution in [3.63, 3.8) is 0 Å². The highest BCUT2D eigenvalue weighted by molar-refractivity contribution is 7.16. The predicted octanol–water partition coefficient (Wildman–Crippen LogP) is 1.71. The largest absolute Gasteiger partial charge is 0.459 e. The van der Waals surface area contributed by atoms with Crippen LogP contribution in [-0.2, 0) is 0 Å². The Labute approximate surface area is 175 Å². The molecule has 3 aromatic rings. The molecule has 1 amide bonds. The van der Waals surface area contributed by atoms with Crippen LogP contribution >= 0.6 is 11.3 Å². The molecule has 5 nitrogen and oxygen atoms in total. The maximum absolute atomic E-state index is 12.7. The van der Waals surface area contributed by atoms with E-state index in [-0.39, 0.29) is 11.9 Å². The molecule has 0 radical (unpaired) electrons. The second-order valence-electron chi connectivity index (χ2n) is 7.92. The molecule has 0 spiro atoms. The molecular weight excluding hydrogens is 382 g/mol. The Bertz CT molecular complexity index is 958. The van der Waals surface area contributed by atoms with Crippen LogP contribution in [0.3, 0.4) is 0 Å². The third-order valence-electron chi connectivity index (χ3n) is 5.98. The van der Waals surface area contributed by atoms with Gasteiger partial charge in [0, 0.05) is 10.4 Å². The summed E-state index contributed by atoms with van der Waals surface area (Å²) < 4.78 is 5.30. The van der Waals surface area contributed by atoms with Gasteiger partial charge in [0.15, 0.2) is 5.76 Å². The van der Waals surface area contributed by atoms with Gasteiger partial charge >= 0.3 is 0 Å². The van der Waals surface area contributed by atoms with Crippen molar-refractivity contribution in [3.8, 4) is 0 Å². The summed E-state index contributed by atoms with van der Waals surface area (Å²) in [7, 11) is 2.27. The van der Waals surface area contributed by atoms with E-state index in [1.807, 2.05) is 0 Å². The molecule has 0 bridgehead atoms. The first kappa shape index (κ1) is 19.9. The van der Waals surface area contributed by atoms with Crippen LogP contribution < -0.4 is 15.1 Å². The summed E-state index contributed by atoms with van der Waals surface area (Å²) in [5.74, 6) is 0.147. The van der Waals surface area contributed by atoms with E-state index in [1.54, 1.807) is 33.3 Å². The fourth-order valence-electron chi connectivity index (χ4n) is 4.20. The lowest BCUT2D eigenvalue weighted by Gasteiger charge is -2.34. The molecule has 2 aromatic heterocycles. The summed E-state index contributed by atoms with van der Waals surface area (Å²) in [5.41, 5.74) is 3.82. The third-order valence-corrected chi connectivity index (χ3v) is 7.12. The Hall–Kier alpha value is -2.41. The van der Waals surface area contributed by atoms with Gasteiger partial charge in [-0.05, 0) is 31.5 Å². The maximum atomic E-state index is 12.7. The van der Waals surface area contributed by atoms with Gasteiger partial charge in [0.05, 0.1) is 18.9 Å². The minimum absolute atomic E-state index is 0.192. The van der Waals surface area contributed by atoms with Crippen molar-refractivity contribution < 1.29 is 19.0 Å². The van der Waals surface area contributed by atoms with Crippen molar-refractivity contribution in [2.75, 3.05) is 38.5 Å². The second kappa shape index (κ2) is 8.53. The first-order chi connectivity index (χ1) is 14.0. The number of hydrogen-bond acceptors (Lipinski definition) is 3. The van der Waals surface area contributed by atoms with E-state index in [2.05, 4.69) is 56.5 Å². The van der Waals surface area contributed by atoms with Crippen molar-refractivity contribution in [1.82, 2.24) is 0 Å². The molecule has 1 aromatic carbocycles. The minimum Gasteiger partial charge on any atom is -0.459 e. The van der Waals surface area contributed by atoms with Crippen LogP contribution in [0.25, 0.3) is 0 Å². The summed E-state index contributed by atoms with van der Waals surface area (Å²) in [6.45, 7) is 8.87. The molecule has 1 aliphatic heterocycles. The first-order valence-corrected chi connectivity index (χ1v) is 11.0. The van der Waals surface area contributed by atoms with Gasteiger partial charge in [-0.2, -0.15) is 0 Å². The van der Waals surface area contributed by atoms with Crippen LogP contribution in [0.4, 0.5) is 5.00 Å². The Balaban J connectivity index is 1.75. The Kier molecular flexibility index (Phi) is 5.85. The van der Waals surface area contributed by atoms with Gasteiger partial charge in [-0.15, -0.1) is 11.3 Å². The van der Waals surface area contributed by atoms with Crippen LogP contribution in [0.2, 0.25) is 0 Å². The van der Waals surface area contributed by atoms with Gasteiger partial charge in [0.2, 0.25) is 0 Å². The monoisotopic (exact) mass is 411 g/mol. The van der Waals surface area contributed by atoms with Crippen molar-refractivity contribution in [3.05, 3.63) is 76.1 Å². The fraction of sp³-hybridized carbons (Fsp3) is 0.348. The maximum Gasteiger partial charge on any atom is 0.291 e. The third kappa shape index (κ3) is 4.15. The van der Waals surface area contributed by atoms with E-state index in [1.165, 1.54) is 27.8 Å². The molecule has 3 N–H and O–H groups in total. The van der Waals surface area contributed by atoms with Crippen molar-refractivity contribution in [1.29, 1.82) is 0 Å². The zero-order chi connectivity index (χ0) is 20.4. The number of rotatable bonds is 5. The SMILES string of the molecule is Cc1sc(NC(=O)c2ccco2)c([C@H](c2ccccc2)[NH+]2CC[NH+](C)CC2)c1C. The van der Waals surface area contributed by atoms with Gasteiger partial charge in [-0.1, -0.05) is 30.3 Å². The van der Waals surface area contributed by atoms with Crippen molar-refractivity contribution in [2.45, 2.75) is 19.9 Å². The standard InChI is InChI=1S/C23H27N3O2S/c1-16-17(2)29-23(24-22(27)19-10-7-15-28-19)20(16)21(18-8-5-4-6-9-18)26-13-11-25(3)12-14-26/h4-10,15,21H,11-14H2,1-3H3,(H,24,27)/p+2/t21-/m0/s1. The van der Waals surface area contributed by atoms with E-state index >= 15 is 0 Å². The number of anilines is 1. The Morgan fingerprint density at radius 3 is 2.45 bits per heavy atom. The van der Waals surface area contributed by atoms with Gasteiger partial charge < -0.3 is 19.5 Å². The van der Waals surface area contributed by atoms with Crippen molar-refractivity contribution in [2.24, 2.45) is 0 Å². The highest BCUT2D eigenvalue weighted by Crippen LogP contribution is 2.38. The molecule has 0 unspecified atom stereocenters. The number of amides is 1. The molecule has 1 atom stereocenters. The quantitative estimate of drug-likeness (QED) is 0.599. The van der Waals surface area contributed by atoms with Gasteiger partial charge in [-0.3, -0.25) is 4.79 Å². The molecule has 152 valence electrons. The normalized spacial score (nSPS) is 20.4. The summed E-state index contributed by atoms with van der Waals surface area (Å²) in [4.78, 5) is 17.1. The highest BCUT2D eigenvalue weighted by Gasteiger charge is 2.35. The van der Waals surface area contributed by atoms with E-state index < -0.39 is 0 Å². The lowest BCUT2D eigenvalue weighted by atomic mass is 9.94. The molecule has 1 saturated heterocycles. The number of carbonyl (C=O) groups excluding carboxylic acids is 1. The fourth-order valence-corrected chi connectivity index (χ4v) is 5.29. The molecule has 1 aliphatic rings. The summed E-state index contributed by atoms with van der Waals surface area (Å²) in [6.07, 6.45) is 1.53. The second-order valence-corrected chi connectivity index (χ2v) is 9.14. The number of carbonyl (C=O) groups is 1. The van der Waals surface area contributed by atoms with Crippen LogP contribution in [0, 0.1) is 13.8 Å². The van der Waals surface area contributed by atoms with Crippen LogP contribution in [0.15, 0.2) is 53.1 Å². The first-order valence-electron chi connectivity index (χ1n) is 10.2. The topological polar surface area (TPSA) is 51.1 Å². The molecule has 0 saturated carbocycles. The van der Waals surface area contributed by atoms with Crippen LogP contribution in [0.1, 0.15) is 38.2 Å². The molecular formula is C23H29N3O2S+2. The van der Waals surface area contributed by atoms with Crippen LogP contribution in [-0.4, -0.2) is 39.1 Å². The Morgan fingerprint density at radius 1 is 1.07 bits per heavy atom. The Morgan fingerprint density at radius 2 is 1.79 bits per heavy atom. The highest BCUT2D eigenvalue weighted by atomic mass is 32.1. The van der Waals surface area contributed by atoms with E-state index in [0.29, 0.717) is 5.76 Å². The minimum atomic E-state index is -0.192. The zero-order valence-electron chi connectivity index (χ0n) is 17.2. The van der Waals surface area contributed by atoms with Crippen LogP contribution in [0.5, 0.6) is 0 Å². The van der Waals surface area contributed by atoms with E-state index in [0.717, 1.165) is 31.2 Å². The lowest BCUT2D eigenvalue weighted by Crippen LogP contribution is -3.27. The van der Waals surface area contributed by atoms with Gasteiger partial charge in [0.1, 0.15) is 37.2 Å². The number of hydrogen-bond donors (Lipinski definition) is 3. The van der Waals surface area contributed by atoms with Gasteiger partial charge in [-0.25, -0.2) is 0 Å². The van der Waals surface area contributed by atoms with Crippen molar-refractivity contribution >= 4 is 22.2 Å². The number of furan rings is 1. The molecule has 0 aliphatic carbocycles. The molecule has 4 rings (SSSR count). The predicted molar refractivity (Wildman–Crippen MR) is 116 cm³/mol. The zero-order valence-corrected chi connectivity index (χ0v) is 18.1. The molecule has 1 fully saturated rings. The average molecular weight is 412 g/mol. The lowest BCUT2D eigenvalue weighted by molar-refractivity contribution is -1.02. The van der Waals surface area contributed by atoms with E-state index in [4.69, 9.17) is 4.42 Å². The number of thiophene rings is 1. The average Bonchev–Trinajstić information content (AvgIpc) is 3.35. The number of aryl methyl sites for hydroxylation is 1. The number of piperazine rings is 1. The van der Waals surface area contributed by atoms with Gasteiger partial charge in [0.25, 0.3) is 5.91 Å². The number of likely N-dealkylation sites (N-methyl/N-ethyl adjacent to an activating group) is 1. The molecule has 6 heteroatoms. The number of quaternary nitrogens is 2.